The highest BCUT2D eigenvalue weighted by Crippen LogP contribution is 2.22. The van der Waals surface area contributed by atoms with Crippen molar-refractivity contribution in [1.82, 2.24) is 0 Å². The largest absolute Gasteiger partial charge is 0.491 e. The number of benzene rings is 1. The quantitative estimate of drug-likeness (QED) is 0.721. The summed E-state index contributed by atoms with van der Waals surface area (Å²) in [5, 5.41) is 0. The van der Waals surface area contributed by atoms with Crippen LogP contribution in [-0.2, 0) is 6.42 Å². The van der Waals surface area contributed by atoms with Crippen molar-refractivity contribution >= 4 is 0 Å². The number of rotatable bonds is 3. The van der Waals surface area contributed by atoms with Crippen molar-refractivity contribution in [2.24, 2.45) is 0 Å². The Morgan fingerprint density at radius 2 is 1.50 bits per heavy atom. The Morgan fingerprint density at radius 3 is 1.81 bits per heavy atom. The normalized spacial score (nSPS) is 9.75. The Bertz CT molecular complexity index is 290. The molecule has 0 spiro atoms. The molecule has 0 fully saturated rings. The number of hydrogen-bond donors (Lipinski definition) is 0. The molecule has 0 heterocycles. The zero-order valence-corrected chi connectivity index (χ0v) is 11.8. The molecular formula is C15H26O. The highest BCUT2D eigenvalue weighted by Gasteiger charge is 2.04. The summed E-state index contributed by atoms with van der Waals surface area (Å²) in [7, 11) is 0. The van der Waals surface area contributed by atoms with E-state index in [1.54, 1.807) is 0 Å². The van der Waals surface area contributed by atoms with Gasteiger partial charge in [0.2, 0.25) is 0 Å². The smallest absolute Gasteiger partial charge is 0.120 e. The van der Waals surface area contributed by atoms with Gasteiger partial charge in [-0.2, -0.15) is 0 Å². The minimum atomic E-state index is 0.251. The van der Waals surface area contributed by atoms with Crippen LogP contribution in [0.1, 0.15) is 51.3 Å². The van der Waals surface area contributed by atoms with Crippen LogP contribution in [0.3, 0.4) is 0 Å². The average molecular weight is 222 g/mol. The first kappa shape index (κ1) is 15.0. The van der Waals surface area contributed by atoms with Crippen LogP contribution >= 0.6 is 0 Å². The maximum absolute atomic E-state index is 5.68. The zero-order valence-electron chi connectivity index (χ0n) is 11.8. The lowest BCUT2D eigenvalue weighted by Gasteiger charge is -2.14. The lowest BCUT2D eigenvalue weighted by atomic mass is 10.0. The maximum atomic E-state index is 5.68. The molecule has 0 N–H and O–H groups in total. The molecule has 0 aliphatic heterocycles. The molecule has 0 aliphatic carbocycles. The highest BCUT2D eigenvalue weighted by molar-refractivity contribution is 5.41. The van der Waals surface area contributed by atoms with Crippen LogP contribution in [0, 0.1) is 13.8 Å². The van der Waals surface area contributed by atoms with Gasteiger partial charge in [-0.1, -0.05) is 20.8 Å². The van der Waals surface area contributed by atoms with Crippen LogP contribution in [0.25, 0.3) is 0 Å². The van der Waals surface area contributed by atoms with Gasteiger partial charge in [-0.15, -0.1) is 0 Å². The molecule has 0 aromatic heterocycles. The molecule has 0 unspecified atom stereocenters. The molecular weight excluding hydrogens is 196 g/mol. The molecule has 92 valence electrons. The van der Waals surface area contributed by atoms with Gasteiger partial charge in [0.05, 0.1) is 6.10 Å². The third kappa shape index (κ3) is 4.26. The Hall–Kier alpha value is -0.980. The molecule has 16 heavy (non-hydrogen) atoms. The minimum absolute atomic E-state index is 0.251. The van der Waals surface area contributed by atoms with Gasteiger partial charge in [0.25, 0.3) is 0 Å². The topological polar surface area (TPSA) is 9.23 Å². The molecule has 0 saturated heterocycles. The van der Waals surface area contributed by atoms with Crippen molar-refractivity contribution in [2.75, 3.05) is 0 Å². The SMILES string of the molecule is CC.CCc1c(C)cc(OC(C)C)cc1C. The molecule has 1 heteroatoms. The lowest BCUT2D eigenvalue weighted by molar-refractivity contribution is 0.242. The van der Waals surface area contributed by atoms with Crippen molar-refractivity contribution in [3.63, 3.8) is 0 Å². The maximum Gasteiger partial charge on any atom is 0.120 e. The van der Waals surface area contributed by atoms with E-state index >= 15 is 0 Å². The predicted molar refractivity (Wildman–Crippen MR) is 72.4 cm³/mol. The van der Waals surface area contributed by atoms with Gasteiger partial charge in [0.15, 0.2) is 0 Å². The summed E-state index contributed by atoms with van der Waals surface area (Å²) in [4.78, 5) is 0. The summed E-state index contributed by atoms with van der Waals surface area (Å²) in [6.45, 7) is 14.6. The van der Waals surface area contributed by atoms with Gasteiger partial charge < -0.3 is 4.74 Å². The minimum Gasteiger partial charge on any atom is -0.491 e. The number of aryl methyl sites for hydroxylation is 2. The van der Waals surface area contributed by atoms with E-state index in [1.807, 2.05) is 13.8 Å². The summed E-state index contributed by atoms with van der Waals surface area (Å²) < 4.78 is 5.68. The first-order chi connectivity index (χ1) is 7.54. The molecule has 0 saturated carbocycles. The fourth-order valence-corrected chi connectivity index (χ4v) is 1.85. The molecule has 0 bridgehead atoms. The van der Waals surface area contributed by atoms with Crippen molar-refractivity contribution in [2.45, 2.75) is 61.0 Å². The van der Waals surface area contributed by atoms with Gasteiger partial charge in [-0.3, -0.25) is 0 Å². The van der Waals surface area contributed by atoms with E-state index in [0.29, 0.717) is 0 Å². The van der Waals surface area contributed by atoms with Crippen molar-refractivity contribution in [1.29, 1.82) is 0 Å². The van der Waals surface area contributed by atoms with E-state index in [2.05, 4.69) is 46.8 Å². The summed E-state index contributed by atoms with van der Waals surface area (Å²) >= 11 is 0. The molecule has 0 atom stereocenters. The fraction of sp³-hybridized carbons (Fsp3) is 0.600. The van der Waals surface area contributed by atoms with E-state index in [0.717, 1.165) is 12.2 Å². The molecule has 1 rings (SSSR count). The van der Waals surface area contributed by atoms with Gasteiger partial charge in [0, 0.05) is 0 Å². The summed E-state index contributed by atoms with van der Waals surface area (Å²) in [5.41, 5.74) is 4.12. The van der Waals surface area contributed by atoms with Gasteiger partial charge in [-0.05, 0) is 62.9 Å². The molecule has 1 aromatic carbocycles. The average Bonchev–Trinajstić information content (AvgIpc) is 2.19. The second-order valence-electron chi connectivity index (χ2n) is 4.06. The summed E-state index contributed by atoms with van der Waals surface area (Å²) in [6, 6.07) is 4.26. The van der Waals surface area contributed by atoms with E-state index in [1.165, 1.54) is 16.7 Å². The lowest BCUT2D eigenvalue weighted by Crippen LogP contribution is -2.06. The monoisotopic (exact) mass is 222 g/mol. The Morgan fingerprint density at radius 1 is 1.06 bits per heavy atom. The molecule has 0 aliphatic rings. The standard InChI is InChI=1S/C13H20O.C2H6/c1-6-13-10(4)7-12(8-11(13)5)14-9(2)3;1-2/h7-9H,6H2,1-5H3;1-2H3. The van der Waals surface area contributed by atoms with Crippen molar-refractivity contribution in [3.05, 3.63) is 28.8 Å². The van der Waals surface area contributed by atoms with Crippen LogP contribution in [0.15, 0.2) is 12.1 Å². The van der Waals surface area contributed by atoms with Crippen molar-refractivity contribution in [3.8, 4) is 5.75 Å². The zero-order chi connectivity index (χ0) is 12.7. The van der Waals surface area contributed by atoms with Gasteiger partial charge >= 0.3 is 0 Å². The molecule has 1 aromatic rings. The van der Waals surface area contributed by atoms with Gasteiger partial charge in [0.1, 0.15) is 5.75 Å². The second-order valence-corrected chi connectivity index (χ2v) is 4.06. The fourth-order valence-electron chi connectivity index (χ4n) is 1.85. The Labute approximate surface area is 101 Å². The molecule has 0 radical (unpaired) electrons. The number of hydrogen-bond acceptors (Lipinski definition) is 1. The first-order valence-corrected chi connectivity index (χ1v) is 6.31. The highest BCUT2D eigenvalue weighted by atomic mass is 16.5. The van der Waals surface area contributed by atoms with E-state index < -0.39 is 0 Å². The van der Waals surface area contributed by atoms with Crippen LogP contribution in [-0.4, -0.2) is 6.10 Å². The molecule has 0 amide bonds. The van der Waals surface area contributed by atoms with Crippen molar-refractivity contribution < 1.29 is 4.74 Å². The third-order valence-electron chi connectivity index (χ3n) is 2.39. The third-order valence-corrected chi connectivity index (χ3v) is 2.39. The Kier molecular flexibility index (Phi) is 6.87. The van der Waals surface area contributed by atoms with E-state index in [4.69, 9.17) is 4.74 Å². The summed E-state index contributed by atoms with van der Waals surface area (Å²) in [5.74, 6) is 0.993. The van der Waals surface area contributed by atoms with Gasteiger partial charge in [-0.25, -0.2) is 0 Å². The Balaban J connectivity index is 0.00000106. The molecule has 1 nitrogen and oxygen atoms in total. The van der Waals surface area contributed by atoms with Crippen LogP contribution in [0.4, 0.5) is 0 Å². The first-order valence-electron chi connectivity index (χ1n) is 6.31. The predicted octanol–water partition coefficient (Wildman–Crippen LogP) is 4.68. The second kappa shape index (κ2) is 7.32. The van der Waals surface area contributed by atoms with Crippen LogP contribution < -0.4 is 4.74 Å². The van der Waals surface area contributed by atoms with E-state index in [9.17, 15) is 0 Å². The van der Waals surface area contributed by atoms with E-state index in [-0.39, 0.29) is 6.10 Å². The van der Waals surface area contributed by atoms with Crippen LogP contribution in [0.2, 0.25) is 0 Å². The summed E-state index contributed by atoms with van der Waals surface area (Å²) in [6.07, 6.45) is 1.35. The van der Waals surface area contributed by atoms with Crippen LogP contribution in [0.5, 0.6) is 5.75 Å². The number of ether oxygens (including phenoxy) is 1.